The van der Waals surface area contributed by atoms with Gasteiger partial charge in [0.05, 0.1) is 5.52 Å². The number of carbonyl (C=O) groups excluding carboxylic acids is 1. The lowest BCUT2D eigenvalue weighted by atomic mass is 10.1. The van der Waals surface area contributed by atoms with Crippen LogP contribution in [0.3, 0.4) is 0 Å². The molecule has 4 heteroatoms. The highest BCUT2D eigenvalue weighted by Gasteiger charge is 2.06. The molecule has 0 bridgehead atoms. The van der Waals surface area contributed by atoms with Crippen LogP contribution in [-0.2, 0) is 4.79 Å². The summed E-state index contributed by atoms with van der Waals surface area (Å²) in [5.41, 5.74) is 5.01. The second kappa shape index (κ2) is 7.40. The van der Waals surface area contributed by atoms with E-state index >= 15 is 0 Å². The van der Waals surface area contributed by atoms with Gasteiger partial charge in [0.2, 0.25) is 5.91 Å². The van der Waals surface area contributed by atoms with Crippen LogP contribution in [0, 0.1) is 13.8 Å². The number of hydrogen-bond donors (Lipinski definition) is 1. The zero-order valence-corrected chi connectivity index (χ0v) is 15.6. The second-order valence-corrected chi connectivity index (χ2v) is 6.66. The van der Waals surface area contributed by atoms with E-state index in [2.05, 4.69) is 17.2 Å². The number of hydrogen-bond acceptors (Lipinski definition) is 3. The van der Waals surface area contributed by atoms with Crippen molar-refractivity contribution < 1.29 is 4.79 Å². The van der Waals surface area contributed by atoms with Gasteiger partial charge in [-0.2, -0.15) is 0 Å². The van der Waals surface area contributed by atoms with Crippen LogP contribution < -0.4 is 10.2 Å². The molecule has 2 aromatic carbocycles. The molecule has 3 aromatic rings. The third kappa shape index (κ3) is 4.09. The van der Waals surface area contributed by atoms with Gasteiger partial charge in [-0.05, 0) is 55.3 Å². The van der Waals surface area contributed by atoms with Crippen LogP contribution in [0.25, 0.3) is 17.0 Å². The summed E-state index contributed by atoms with van der Waals surface area (Å²) in [5.74, 6) is 0.772. The Morgan fingerprint density at radius 3 is 2.46 bits per heavy atom. The third-order valence-electron chi connectivity index (χ3n) is 4.23. The molecule has 0 saturated heterocycles. The molecular weight excluding hydrogens is 322 g/mol. The van der Waals surface area contributed by atoms with Gasteiger partial charge in [0.15, 0.2) is 0 Å². The summed E-state index contributed by atoms with van der Waals surface area (Å²) in [6.07, 6.45) is 3.36. The molecule has 0 unspecified atom stereocenters. The van der Waals surface area contributed by atoms with Gasteiger partial charge < -0.3 is 10.2 Å². The molecule has 0 radical (unpaired) electrons. The maximum absolute atomic E-state index is 12.2. The average Bonchev–Trinajstić information content (AvgIpc) is 2.61. The van der Waals surface area contributed by atoms with Crippen molar-refractivity contribution >= 4 is 34.4 Å². The second-order valence-electron chi connectivity index (χ2n) is 6.66. The number of nitrogens with zero attached hydrogens (tertiary/aromatic N) is 2. The van der Waals surface area contributed by atoms with Gasteiger partial charge in [0.1, 0.15) is 5.82 Å². The van der Waals surface area contributed by atoms with E-state index < -0.39 is 0 Å². The van der Waals surface area contributed by atoms with E-state index in [1.807, 2.05) is 80.5 Å². The Hall–Kier alpha value is -3.14. The minimum atomic E-state index is -0.152. The minimum Gasteiger partial charge on any atom is -0.363 e. The number of fused-ring (bicyclic) bond motifs is 1. The predicted molar refractivity (Wildman–Crippen MR) is 110 cm³/mol. The molecule has 0 aliphatic carbocycles. The van der Waals surface area contributed by atoms with Crippen LogP contribution in [0.1, 0.15) is 16.7 Å². The number of anilines is 2. The molecule has 1 heterocycles. The number of rotatable bonds is 4. The Kier molecular flexibility index (Phi) is 5.03. The standard InChI is InChI=1S/C22H23N3O/c1-15-5-7-17(8-6-15)9-12-22(26)23-18-10-11-20-19(14-18)16(2)13-21(24-20)25(3)4/h5-14H,1-4H3,(H,23,26)/b12-9+. The molecule has 0 spiro atoms. The SMILES string of the molecule is Cc1ccc(/C=C/C(=O)Nc2ccc3nc(N(C)C)cc(C)c3c2)cc1. The molecule has 1 aromatic heterocycles. The van der Waals surface area contributed by atoms with E-state index in [4.69, 9.17) is 0 Å². The lowest BCUT2D eigenvalue weighted by Crippen LogP contribution is -2.11. The van der Waals surface area contributed by atoms with E-state index in [0.717, 1.165) is 33.5 Å². The molecular formula is C22H23N3O. The monoisotopic (exact) mass is 345 g/mol. The number of aryl methyl sites for hydroxylation is 2. The van der Waals surface area contributed by atoms with Crippen molar-refractivity contribution in [3.8, 4) is 0 Å². The maximum Gasteiger partial charge on any atom is 0.248 e. The van der Waals surface area contributed by atoms with Crippen molar-refractivity contribution in [1.29, 1.82) is 0 Å². The molecule has 0 fully saturated rings. The van der Waals surface area contributed by atoms with Crippen molar-refractivity contribution in [2.24, 2.45) is 0 Å². The largest absolute Gasteiger partial charge is 0.363 e. The molecule has 0 saturated carbocycles. The van der Waals surface area contributed by atoms with Gasteiger partial charge in [-0.25, -0.2) is 4.98 Å². The summed E-state index contributed by atoms with van der Waals surface area (Å²) < 4.78 is 0. The van der Waals surface area contributed by atoms with Crippen molar-refractivity contribution in [1.82, 2.24) is 4.98 Å². The van der Waals surface area contributed by atoms with Gasteiger partial charge in [0, 0.05) is 31.2 Å². The average molecular weight is 345 g/mol. The molecule has 0 aliphatic rings. The Morgan fingerprint density at radius 1 is 1.04 bits per heavy atom. The summed E-state index contributed by atoms with van der Waals surface area (Å²) >= 11 is 0. The lowest BCUT2D eigenvalue weighted by Gasteiger charge is -2.14. The van der Waals surface area contributed by atoms with Crippen LogP contribution >= 0.6 is 0 Å². The highest BCUT2D eigenvalue weighted by atomic mass is 16.1. The topological polar surface area (TPSA) is 45.2 Å². The molecule has 3 rings (SSSR count). The fraction of sp³-hybridized carbons (Fsp3) is 0.182. The number of pyridine rings is 1. The van der Waals surface area contributed by atoms with Gasteiger partial charge >= 0.3 is 0 Å². The van der Waals surface area contributed by atoms with Crippen LogP contribution in [0.2, 0.25) is 0 Å². The van der Waals surface area contributed by atoms with Gasteiger partial charge in [0.25, 0.3) is 0 Å². The highest BCUT2D eigenvalue weighted by Crippen LogP contribution is 2.24. The third-order valence-corrected chi connectivity index (χ3v) is 4.23. The van der Waals surface area contributed by atoms with Gasteiger partial charge in [-0.3, -0.25) is 4.79 Å². The summed E-state index contributed by atoms with van der Waals surface area (Å²) in [6, 6.07) is 15.9. The van der Waals surface area contributed by atoms with E-state index in [-0.39, 0.29) is 5.91 Å². The highest BCUT2D eigenvalue weighted by molar-refractivity contribution is 6.03. The van der Waals surface area contributed by atoms with Crippen molar-refractivity contribution in [3.05, 3.63) is 71.3 Å². The van der Waals surface area contributed by atoms with Crippen molar-refractivity contribution in [2.75, 3.05) is 24.3 Å². The molecule has 1 amide bonds. The van der Waals surface area contributed by atoms with E-state index in [1.165, 1.54) is 5.56 Å². The zero-order valence-electron chi connectivity index (χ0n) is 15.6. The Morgan fingerprint density at radius 2 is 1.77 bits per heavy atom. The first kappa shape index (κ1) is 17.7. The Labute approximate surface area is 154 Å². The number of nitrogens with one attached hydrogen (secondary N) is 1. The fourth-order valence-corrected chi connectivity index (χ4v) is 2.72. The van der Waals surface area contributed by atoms with Gasteiger partial charge in [-0.15, -0.1) is 0 Å². The first-order chi connectivity index (χ1) is 12.4. The first-order valence-electron chi connectivity index (χ1n) is 8.57. The van der Waals surface area contributed by atoms with Crippen LogP contribution in [0.15, 0.2) is 54.6 Å². The summed E-state index contributed by atoms with van der Waals surface area (Å²) in [7, 11) is 3.95. The van der Waals surface area contributed by atoms with Crippen molar-refractivity contribution in [2.45, 2.75) is 13.8 Å². The predicted octanol–water partition coefficient (Wildman–Crippen LogP) is 4.57. The summed E-state index contributed by atoms with van der Waals surface area (Å²) in [4.78, 5) is 18.8. The quantitative estimate of drug-likeness (QED) is 0.705. The first-order valence-corrected chi connectivity index (χ1v) is 8.57. The van der Waals surface area contributed by atoms with Crippen LogP contribution in [0.4, 0.5) is 11.5 Å². The normalized spacial score (nSPS) is 11.1. The van der Waals surface area contributed by atoms with E-state index in [9.17, 15) is 4.79 Å². The Balaban J connectivity index is 1.78. The maximum atomic E-state index is 12.2. The smallest absolute Gasteiger partial charge is 0.248 e. The minimum absolute atomic E-state index is 0.152. The summed E-state index contributed by atoms with van der Waals surface area (Å²) in [5, 5.41) is 3.95. The molecule has 132 valence electrons. The number of aromatic nitrogens is 1. The Bertz CT molecular complexity index is 973. The van der Waals surface area contributed by atoms with E-state index in [1.54, 1.807) is 6.08 Å². The molecule has 0 aliphatic heterocycles. The molecule has 0 atom stereocenters. The van der Waals surface area contributed by atoms with Crippen molar-refractivity contribution in [3.63, 3.8) is 0 Å². The van der Waals surface area contributed by atoms with Gasteiger partial charge in [-0.1, -0.05) is 29.8 Å². The molecule has 26 heavy (non-hydrogen) atoms. The molecule has 1 N–H and O–H groups in total. The fourth-order valence-electron chi connectivity index (χ4n) is 2.72. The zero-order chi connectivity index (χ0) is 18.7. The lowest BCUT2D eigenvalue weighted by molar-refractivity contribution is -0.111. The van der Waals surface area contributed by atoms with Crippen LogP contribution in [0.5, 0.6) is 0 Å². The van der Waals surface area contributed by atoms with E-state index in [0.29, 0.717) is 0 Å². The number of carbonyl (C=O) groups is 1. The number of amides is 1. The number of benzene rings is 2. The van der Waals surface area contributed by atoms with Crippen LogP contribution in [-0.4, -0.2) is 25.0 Å². The summed E-state index contributed by atoms with van der Waals surface area (Å²) in [6.45, 7) is 4.10. The molecule has 4 nitrogen and oxygen atoms in total.